The van der Waals surface area contributed by atoms with Gasteiger partial charge in [-0.2, -0.15) is 0 Å². The van der Waals surface area contributed by atoms with E-state index < -0.39 is 28.4 Å². The van der Waals surface area contributed by atoms with Crippen molar-refractivity contribution in [2.45, 2.75) is 43.9 Å². The van der Waals surface area contributed by atoms with E-state index in [-0.39, 0.29) is 26.0 Å². The summed E-state index contributed by atoms with van der Waals surface area (Å²) in [5.41, 5.74) is 0.633. The number of hydrogen-bond acceptors (Lipinski definition) is 5. The fourth-order valence-electron chi connectivity index (χ4n) is 4.74. The van der Waals surface area contributed by atoms with E-state index in [1.807, 2.05) is 91.0 Å². The van der Waals surface area contributed by atoms with E-state index in [4.69, 9.17) is 4.74 Å². The molecule has 1 aliphatic heterocycles. The van der Waals surface area contributed by atoms with Crippen molar-refractivity contribution in [2.75, 3.05) is 6.54 Å². The average Bonchev–Trinajstić information content (AvgIpc) is 3.46. The van der Waals surface area contributed by atoms with Crippen LogP contribution in [0.15, 0.2) is 103 Å². The first-order valence-electron chi connectivity index (χ1n) is 13.1. The summed E-state index contributed by atoms with van der Waals surface area (Å²) < 4.78 is 5.51. The van der Waals surface area contributed by atoms with Crippen LogP contribution in [0.25, 0.3) is 12.2 Å². The molecule has 1 aliphatic rings. The first-order chi connectivity index (χ1) is 19.0. The highest BCUT2D eigenvalue weighted by atomic mass is 16.6. The van der Waals surface area contributed by atoms with Crippen molar-refractivity contribution in [1.29, 1.82) is 0 Å². The van der Waals surface area contributed by atoms with Gasteiger partial charge in [-0.05, 0) is 29.5 Å². The zero-order valence-corrected chi connectivity index (χ0v) is 21.7. The van der Waals surface area contributed by atoms with E-state index in [1.165, 1.54) is 4.90 Å². The van der Waals surface area contributed by atoms with E-state index in [1.54, 1.807) is 24.3 Å². The Morgan fingerprint density at radius 1 is 0.872 bits per heavy atom. The predicted molar refractivity (Wildman–Crippen MR) is 151 cm³/mol. The Kier molecular flexibility index (Phi) is 9.40. The summed E-state index contributed by atoms with van der Waals surface area (Å²) in [4.78, 5) is 40.5. The molecule has 0 unspecified atom stereocenters. The van der Waals surface area contributed by atoms with Crippen LogP contribution in [0, 0.1) is 10.1 Å². The number of esters is 1. The quantitative estimate of drug-likeness (QED) is 0.176. The number of carbonyl (C=O) groups excluding carboxylic acids is 2. The van der Waals surface area contributed by atoms with Gasteiger partial charge in [0.15, 0.2) is 0 Å². The van der Waals surface area contributed by atoms with Crippen LogP contribution >= 0.6 is 0 Å². The fraction of sp³-hybridized carbons (Fsp3) is 0.250. The molecule has 0 spiro atoms. The van der Waals surface area contributed by atoms with Crippen LogP contribution in [0.1, 0.15) is 42.4 Å². The van der Waals surface area contributed by atoms with Crippen LogP contribution in [0.4, 0.5) is 0 Å². The second kappa shape index (κ2) is 13.3. The molecular weight excluding hydrogens is 492 g/mol. The minimum absolute atomic E-state index is 0.0816. The molecule has 0 N–H and O–H groups in total. The molecular formula is C32H32N2O5. The maximum atomic E-state index is 14.0. The zero-order chi connectivity index (χ0) is 27.5. The number of ether oxygens (including phenoxy) is 1. The molecule has 1 atom stereocenters. The fourth-order valence-corrected chi connectivity index (χ4v) is 4.74. The second-order valence-corrected chi connectivity index (χ2v) is 9.57. The molecule has 7 heteroatoms. The summed E-state index contributed by atoms with van der Waals surface area (Å²) >= 11 is 0. The number of nitro groups is 1. The predicted octanol–water partition coefficient (Wildman–Crippen LogP) is 5.94. The maximum Gasteiger partial charge on any atom is 0.329 e. The van der Waals surface area contributed by atoms with Gasteiger partial charge in [0.1, 0.15) is 12.6 Å². The average molecular weight is 525 g/mol. The number of rotatable bonds is 11. The topological polar surface area (TPSA) is 89.8 Å². The largest absolute Gasteiger partial charge is 0.459 e. The van der Waals surface area contributed by atoms with Crippen molar-refractivity contribution < 1.29 is 19.2 Å². The highest BCUT2D eigenvalue weighted by Gasteiger charge is 2.54. The monoisotopic (exact) mass is 524 g/mol. The summed E-state index contributed by atoms with van der Waals surface area (Å²) in [6, 6.07) is 27.3. The molecule has 1 heterocycles. The molecule has 1 saturated heterocycles. The van der Waals surface area contributed by atoms with E-state index >= 15 is 0 Å². The number of hydrogen-bond donors (Lipinski definition) is 0. The molecule has 0 aromatic heterocycles. The third-order valence-electron chi connectivity index (χ3n) is 6.89. The molecule has 0 saturated carbocycles. The van der Waals surface area contributed by atoms with Crippen LogP contribution in [0.3, 0.4) is 0 Å². The normalized spacial score (nSPS) is 15.6. The third-order valence-corrected chi connectivity index (χ3v) is 6.89. The van der Waals surface area contributed by atoms with Gasteiger partial charge >= 0.3 is 17.4 Å². The van der Waals surface area contributed by atoms with E-state index in [2.05, 4.69) is 0 Å². The van der Waals surface area contributed by atoms with E-state index in [0.29, 0.717) is 12.8 Å². The molecule has 0 aliphatic carbocycles. The highest BCUT2D eigenvalue weighted by Crippen LogP contribution is 2.30. The zero-order valence-electron chi connectivity index (χ0n) is 21.7. The Labute approximate surface area is 228 Å². The van der Waals surface area contributed by atoms with E-state index in [0.717, 1.165) is 16.7 Å². The number of carbonyl (C=O) groups is 2. The Hall–Kier alpha value is -4.52. The number of benzene rings is 3. The van der Waals surface area contributed by atoms with Gasteiger partial charge in [0.05, 0.1) is 0 Å². The van der Waals surface area contributed by atoms with Crippen LogP contribution in [0.2, 0.25) is 0 Å². The SMILES string of the molecule is O=C(OCc1ccccc1)[C@@H]1CCCN1C(=O)C(C/C=C/c1ccccc1)(C/C=C/c1ccccc1)[N+](=O)[O-]. The molecule has 0 bridgehead atoms. The molecule has 3 aromatic carbocycles. The Morgan fingerprint density at radius 2 is 1.38 bits per heavy atom. The molecule has 7 nitrogen and oxygen atoms in total. The minimum atomic E-state index is -1.96. The second-order valence-electron chi connectivity index (χ2n) is 9.57. The summed E-state index contributed by atoms with van der Waals surface area (Å²) in [5, 5.41) is 12.7. The smallest absolute Gasteiger partial charge is 0.329 e. The lowest BCUT2D eigenvalue weighted by Gasteiger charge is -2.30. The van der Waals surface area contributed by atoms with Crippen LogP contribution in [-0.4, -0.2) is 39.8 Å². The van der Waals surface area contributed by atoms with Gasteiger partial charge in [0, 0.05) is 24.3 Å². The van der Waals surface area contributed by atoms with Gasteiger partial charge in [-0.1, -0.05) is 115 Å². The standard InChI is InChI=1S/C32H32N2O5/c35-30(39-25-28-17-8-3-9-18-28)29-21-12-24-33(29)31(36)32(34(37)38,22-10-19-26-13-4-1-5-14-26)23-11-20-27-15-6-2-7-16-27/h1-11,13-20,29H,12,21-25H2/b19-10+,20-11+/t29-/m0/s1. The van der Waals surface area contributed by atoms with Gasteiger partial charge in [0.2, 0.25) is 0 Å². The summed E-state index contributed by atoms with van der Waals surface area (Å²) in [7, 11) is 0. The lowest BCUT2D eigenvalue weighted by molar-refractivity contribution is -0.552. The van der Waals surface area contributed by atoms with Gasteiger partial charge < -0.3 is 9.64 Å². The molecule has 39 heavy (non-hydrogen) atoms. The summed E-state index contributed by atoms with van der Waals surface area (Å²) in [6.45, 7) is 0.350. The number of likely N-dealkylation sites (tertiary alicyclic amines) is 1. The van der Waals surface area contributed by atoms with Crippen molar-refractivity contribution in [2.24, 2.45) is 0 Å². The molecule has 200 valence electrons. The van der Waals surface area contributed by atoms with Gasteiger partial charge in [0.25, 0.3) is 0 Å². The van der Waals surface area contributed by atoms with Crippen molar-refractivity contribution in [1.82, 2.24) is 4.90 Å². The van der Waals surface area contributed by atoms with Gasteiger partial charge in [-0.25, -0.2) is 4.79 Å². The lowest BCUT2D eigenvalue weighted by Crippen LogP contribution is -2.56. The Morgan fingerprint density at radius 3 is 1.90 bits per heavy atom. The van der Waals surface area contributed by atoms with Crippen molar-refractivity contribution >= 4 is 24.0 Å². The van der Waals surface area contributed by atoms with Gasteiger partial charge in [-0.3, -0.25) is 14.9 Å². The molecule has 3 aromatic rings. The first kappa shape index (κ1) is 27.5. The molecule has 0 radical (unpaired) electrons. The molecule has 1 amide bonds. The Bertz CT molecular complexity index is 1250. The third kappa shape index (κ3) is 7.08. The maximum absolute atomic E-state index is 14.0. The summed E-state index contributed by atoms with van der Waals surface area (Å²) in [5.74, 6) is -1.20. The highest BCUT2D eigenvalue weighted by molar-refractivity contribution is 5.90. The van der Waals surface area contributed by atoms with Crippen molar-refractivity contribution in [3.63, 3.8) is 0 Å². The lowest BCUT2D eigenvalue weighted by atomic mass is 9.88. The summed E-state index contributed by atoms with van der Waals surface area (Å²) in [6.07, 6.45) is 7.65. The van der Waals surface area contributed by atoms with E-state index in [9.17, 15) is 19.7 Å². The number of amides is 1. The minimum Gasteiger partial charge on any atom is -0.459 e. The first-order valence-corrected chi connectivity index (χ1v) is 13.1. The van der Waals surface area contributed by atoms with Crippen molar-refractivity contribution in [3.05, 3.63) is 130 Å². The van der Waals surface area contributed by atoms with Gasteiger partial charge in [-0.15, -0.1) is 0 Å². The molecule has 1 fully saturated rings. The van der Waals surface area contributed by atoms with Crippen LogP contribution in [-0.2, 0) is 20.9 Å². The Balaban J connectivity index is 1.57. The van der Waals surface area contributed by atoms with Crippen LogP contribution < -0.4 is 0 Å². The van der Waals surface area contributed by atoms with Crippen LogP contribution in [0.5, 0.6) is 0 Å². The van der Waals surface area contributed by atoms with Crippen molar-refractivity contribution in [3.8, 4) is 0 Å². The molecule has 4 rings (SSSR count). The number of nitrogens with zero attached hydrogens (tertiary/aromatic N) is 2.